The van der Waals surface area contributed by atoms with Crippen LogP contribution in [0.5, 0.6) is 0 Å². The zero-order valence-electron chi connectivity index (χ0n) is 17.8. The molecule has 1 saturated heterocycles. The van der Waals surface area contributed by atoms with E-state index in [9.17, 15) is 35.9 Å². The topological polar surface area (TPSA) is 64.7 Å². The molecular formula is C22H22F6N4O2. The second-order valence-electron chi connectivity index (χ2n) is 7.74. The summed E-state index contributed by atoms with van der Waals surface area (Å²) in [5.41, 5.74) is -1.54. The van der Waals surface area contributed by atoms with Crippen LogP contribution in [-0.4, -0.2) is 60.6 Å². The minimum Gasteiger partial charge on any atom is -0.323 e. The van der Waals surface area contributed by atoms with Crippen LogP contribution in [0.4, 0.5) is 42.5 Å². The lowest BCUT2D eigenvalue weighted by Gasteiger charge is -2.24. The molecule has 1 heterocycles. The van der Waals surface area contributed by atoms with E-state index in [0.29, 0.717) is 6.07 Å². The van der Waals surface area contributed by atoms with E-state index in [2.05, 4.69) is 10.6 Å². The highest BCUT2D eigenvalue weighted by atomic mass is 19.4. The van der Waals surface area contributed by atoms with Crippen LogP contribution >= 0.6 is 0 Å². The van der Waals surface area contributed by atoms with Crippen molar-refractivity contribution in [2.45, 2.75) is 18.8 Å². The van der Waals surface area contributed by atoms with E-state index in [1.807, 2.05) is 0 Å². The first-order valence-electron chi connectivity index (χ1n) is 10.3. The van der Waals surface area contributed by atoms with Crippen LogP contribution in [0, 0.1) is 0 Å². The highest BCUT2D eigenvalue weighted by Crippen LogP contribution is 2.37. The maximum atomic E-state index is 13.7. The second kappa shape index (κ2) is 10.3. The number of hydrogen-bond donors (Lipinski definition) is 2. The average Bonchev–Trinajstić information content (AvgIpc) is 2.99. The molecule has 0 bridgehead atoms. The third-order valence-corrected chi connectivity index (χ3v) is 5.14. The van der Waals surface area contributed by atoms with Crippen LogP contribution in [0.2, 0.25) is 0 Å². The van der Waals surface area contributed by atoms with Crippen LogP contribution in [0.1, 0.15) is 22.3 Å². The molecule has 1 fully saturated rings. The number of rotatable bonds is 4. The van der Waals surface area contributed by atoms with Gasteiger partial charge in [-0.1, -0.05) is 18.2 Å². The maximum Gasteiger partial charge on any atom is 0.418 e. The lowest BCUT2D eigenvalue weighted by molar-refractivity contribution is -0.145. The van der Waals surface area contributed by atoms with Gasteiger partial charge in [0, 0.05) is 37.4 Å². The standard InChI is InChI=1S/C22H22F6N4O2/c23-21(24,25)14-31-9-4-10-32(12-11-31)20(34)30-18-8-7-16(13-17(18)22(26,27)28)29-19(33)15-5-2-1-3-6-15/h1-3,5-8,13H,4,9-12,14H2,(H,29,33)(H,30,34). The average molecular weight is 488 g/mol. The summed E-state index contributed by atoms with van der Waals surface area (Å²) in [7, 11) is 0. The largest absolute Gasteiger partial charge is 0.418 e. The molecule has 2 N–H and O–H groups in total. The molecule has 12 heteroatoms. The third-order valence-electron chi connectivity index (χ3n) is 5.14. The molecule has 2 aromatic rings. The van der Waals surface area contributed by atoms with Gasteiger partial charge < -0.3 is 15.5 Å². The minimum absolute atomic E-state index is 0.0521. The van der Waals surface area contributed by atoms with Gasteiger partial charge >= 0.3 is 18.4 Å². The molecule has 1 aliphatic rings. The van der Waals surface area contributed by atoms with E-state index >= 15 is 0 Å². The molecule has 0 aliphatic carbocycles. The predicted molar refractivity (Wildman–Crippen MR) is 114 cm³/mol. The summed E-state index contributed by atoms with van der Waals surface area (Å²) in [5.74, 6) is -0.599. The third kappa shape index (κ3) is 7.11. The Kier molecular flexibility index (Phi) is 7.70. The lowest BCUT2D eigenvalue weighted by atomic mass is 10.1. The number of benzene rings is 2. The fraction of sp³-hybridized carbons (Fsp3) is 0.364. The van der Waals surface area contributed by atoms with Crippen molar-refractivity contribution in [1.82, 2.24) is 9.80 Å². The Morgan fingerprint density at radius 1 is 0.853 bits per heavy atom. The van der Waals surface area contributed by atoms with Crippen molar-refractivity contribution < 1.29 is 35.9 Å². The number of nitrogens with one attached hydrogen (secondary N) is 2. The molecule has 34 heavy (non-hydrogen) atoms. The number of carbonyl (C=O) groups excluding carboxylic acids is 2. The molecule has 6 nitrogen and oxygen atoms in total. The number of nitrogens with zero attached hydrogens (tertiary/aromatic N) is 2. The first kappa shape index (κ1) is 25.3. The maximum absolute atomic E-state index is 13.7. The molecule has 3 rings (SSSR count). The van der Waals surface area contributed by atoms with Gasteiger partial charge in [-0.15, -0.1) is 0 Å². The molecule has 0 spiro atoms. The summed E-state index contributed by atoms with van der Waals surface area (Å²) in [6.07, 6.45) is -8.96. The SMILES string of the molecule is O=C(Nc1ccc(NC(=O)N2CCCN(CC(F)(F)F)CC2)c(C(F)(F)F)c1)c1ccccc1. The van der Waals surface area contributed by atoms with Crippen molar-refractivity contribution in [3.63, 3.8) is 0 Å². The Morgan fingerprint density at radius 2 is 1.56 bits per heavy atom. The van der Waals surface area contributed by atoms with E-state index in [-0.39, 0.29) is 43.9 Å². The number of carbonyl (C=O) groups is 2. The number of halogens is 6. The van der Waals surface area contributed by atoms with Crippen molar-refractivity contribution in [2.75, 3.05) is 43.4 Å². The normalized spacial score (nSPS) is 15.5. The minimum atomic E-state index is -4.83. The van der Waals surface area contributed by atoms with E-state index in [1.54, 1.807) is 18.2 Å². The monoisotopic (exact) mass is 488 g/mol. The van der Waals surface area contributed by atoms with E-state index < -0.39 is 42.1 Å². The Hall–Kier alpha value is -3.28. The molecule has 0 unspecified atom stereocenters. The quantitative estimate of drug-likeness (QED) is 0.592. The van der Waals surface area contributed by atoms with Gasteiger partial charge in [0.25, 0.3) is 5.91 Å². The Labute approximate surface area is 191 Å². The number of hydrogen-bond acceptors (Lipinski definition) is 3. The fourth-order valence-electron chi connectivity index (χ4n) is 3.54. The molecule has 0 aromatic heterocycles. The van der Waals surface area contributed by atoms with Crippen molar-refractivity contribution in [3.05, 3.63) is 59.7 Å². The van der Waals surface area contributed by atoms with Crippen LogP contribution in [0.25, 0.3) is 0 Å². The molecule has 3 amide bonds. The van der Waals surface area contributed by atoms with Gasteiger partial charge in [-0.25, -0.2) is 4.79 Å². The summed E-state index contributed by atoms with van der Waals surface area (Å²) in [6, 6.07) is 10.0. The summed E-state index contributed by atoms with van der Waals surface area (Å²) >= 11 is 0. The number of alkyl halides is 6. The van der Waals surface area contributed by atoms with Gasteiger partial charge in [0.15, 0.2) is 0 Å². The van der Waals surface area contributed by atoms with E-state index in [0.717, 1.165) is 11.0 Å². The summed E-state index contributed by atoms with van der Waals surface area (Å²) in [5, 5.41) is 4.59. The highest BCUT2D eigenvalue weighted by molar-refractivity contribution is 6.04. The molecule has 184 valence electrons. The molecule has 1 aliphatic heterocycles. The Morgan fingerprint density at radius 3 is 2.21 bits per heavy atom. The van der Waals surface area contributed by atoms with E-state index in [1.165, 1.54) is 23.1 Å². The van der Waals surface area contributed by atoms with Crippen LogP contribution in [0.3, 0.4) is 0 Å². The highest BCUT2D eigenvalue weighted by Gasteiger charge is 2.35. The molecule has 2 aromatic carbocycles. The summed E-state index contributed by atoms with van der Waals surface area (Å²) in [6.45, 7) is -1.01. The van der Waals surface area contributed by atoms with Crippen molar-refractivity contribution in [3.8, 4) is 0 Å². The number of anilines is 2. The second-order valence-corrected chi connectivity index (χ2v) is 7.74. The fourth-order valence-corrected chi connectivity index (χ4v) is 3.54. The van der Waals surface area contributed by atoms with Gasteiger partial charge in [-0.3, -0.25) is 9.69 Å². The van der Waals surface area contributed by atoms with Gasteiger partial charge in [-0.05, 0) is 36.8 Å². The first-order chi connectivity index (χ1) is 15.9. The van der Waals surface area contributed by atoms with Crippen LogP contribution in [0.15, 0.2) is 48.5 Å². The van der Waals surface area contributed by atoms with Gasteiger partial charge in [-0.2, -0.15) is 26.3 Å². The summed E-state index contributed by atoms with van der Waals surface area (Å²) < 4.78 is 78.8. The Balaban J connectivity index is 1.71. The van der Waals surface area contributed by atoms with Crippen LogP contribution in [-0.2, 0) is 6.18 Å². The van der Waals surface area contributed by atoms with E-state index in [4.69, 9.17) is 0 Å². The number of amides is 3. The Bertz CT molecular complexity index is 1010. The van der Waals surface area contributed by atoms with Gasteiger partial charge in [0.1, 0.15) is 0 Å². The van der Waals surface area contributed by atoms with Crippen LogP contribution < -0.4 is 10.6 Å². The zero-order valence-corrected chi connectivity index (χ0v) is 17.8. The predicted octanol–water partition coefficient (Wildman–Crippen LogP) is 5.06. The molecule has 0 saturated carbocycles. The molecule has 0 atom stereocenters. The van der Waals surface area contributed by atoms with Gasteiger partial charge in [0.2, 0.25) is 0 Å². The van der Waals surface area contributed by atoms with Crippen molar-refractivity contribution in [2.24, 2.45) is 0 Å². The number of urea groups is 1. The lowest BCUT2D eigenvalue weighted by Crippen LogP contribution is -2.40. The van der Waals surface area contributed by atoms with Crippen molar-refractivity contribution >= 4 is 23.3 Å². The summed E-state index contributed by atoms with van der Waals surface area (Å²) in [4.78, 5) is 27.2. The van der Waals surface area contributed by atoms with Gasteiger partial charge in [0.05, 0.1) is 17.8 Å². The zero-order chi connectivity index (χ0) is 24.9. The molecular weight excluding hydrogens is 466 g/mol. The first-order valence-corrected chi connectivity index (χ1v) is 10.3. The molecule has 0 radical (unpaired) electrons. The van der Waals surface area contributed by atoms with Crippen molar-refractivity contribution in [1.29, 1.82) is 0 Å². The smallest absolute Gasteiger partial charge is 0.323 e.